The summed E-state index contributed by atoms with van der Waals surface area (Å²) >= 11 is 0. The molecule has 1 aliphatic carbocycles. The van der Waals surface area contributed by atoms with Crippen LogP contribution in [0.2, 0.25) is 0 Å². The second kappa shape index (κ2) is 17.0. The van der Waals surface area contributed by atoms with Gasteiger partial charge in [-0.3, -0.25) is 24.9 Å². The number of carbonyl (C=O) groups excluding carboxylic acids is 7. The normalized spacial score (nSPS) is 19.1. The molecule has 2 atom stereocenters. The van der Waals surface area contributed by atoms with Crippen molar-refractivity contribution in [1.82, 2.24) is 16.0 Å². The Morgan fingerprint density at radius 2 is 1.16 bits per heavy atom. The minimum Gasteiger partial charge on any atom is -0.449 e. The van der Waals surface area contributed by atoms with E-state index < -0.39 is 11.2 Å². The molecule has 12 nitrogen and oxygen atoms in total. The van der Waals surface area contributed by atoms with Gasteiger partial charge in [-0.1, -0.05) is 62.4 Å². The van der Waals surface area contributed by atoms with Crippen molar-refractivity contribution < 1.29 is 38.3 Å². The second-order valence-electron chi connectivity index (χ2n) is 10.6. The number of carbonyl (C=O) groups is 7. The van der Waals surface area contributed by atoms with Crippen molar-refractivity contribution in [1.29, 1.82) is 0 Å². The molecule has 0 radical (unpaired) electrons. The summed E-state index contributed by atoms with van der Waals surface area (Å²) in [5, 5.41) is 7.09. The minimum absolute atomic E-state index is 0.109. The van der Waals surface area contributed by atoms with Gasteiger partial charge in [0.25, 0.3) is 11.8 Å². The molecule has 0 bridgehead atoms. The van der Waals surface area contributed by atoms with Gasteiger partial charge in [0.05, 0.1) is 0 Å². The Kier molecular flexibility index (Phi) is 14.4. The molecule has 5 rings (SSSR count). The summed E-state index contributed by atoms with van der Waals surface area (Å²) in [4.78, 5) is 72.2. The molecule has 244 valence electrons. The average Bonchev–Trinajstić information content (AvgIpc) is 3.81. The zero-order valence-electron chi connectivity index (χ0n) is 27.2. The molecule has 5 N–H and O–H groups in total. The molecule has 45 heavy (non-hydrogen) atoms. The third kappa shape index (κ3) is 11.1. The number of rotatable bonds is 6. The van der Waals surface area contributed by atoms with E-state index in [4.69, 9.17) is 10.5 Å². The topological polar surface area (TPSA) is 211 Å². The number of amides is 3. The van der Waals surface area contributed by atoms with E-state index >= 15 is 0 Å². The van der Waals surface area contributed by atoms with Crippen LogP contribution < -0.4 is 21.7 Å². The lowest BCUT2D eigenvalue weighted by atomic mass is 9.98. The fourth-order valence-corrected chi connectivity index (χ4v) is 3.51. The fraction of sp³-hybridized carbons (Fsp3) is 0.424. The van der Waals surface area contributed by atoms with Crippen LogP contribution in [-0.4, -0.2) is 65.9 Å². The number of ether oxygens (including phenoxy) is 1. The van der Waals surface area contributed by atoms with Crippen LogP contribution in [0, 0.1) is 0 Å². The molecule has 2 saturated heterocycles. The quantitative estimate of drug-likeness (QED) is 0.274. The van der Waals surface area contributed by atoms with Crippen molar-refractivity contribution in [2.75, 3.05) is 13.7 Å². The number of ketones is 4. The van der Waals surface area contributed by atoms with Crippen LogP contribution in [0.1, 0.15) is 78.4 Å². The lowest BCUT2D eigenvalue weighted by Gasteiger charge is -2.13. The van der Waals surface area contributed by atoms with Gasteiger partial charge in [0.2, 0.25) is 5.66 Å². The highest BCUT2D eigenvalue weighted by atomic mass is 16.5. The summed E-state index contributed by atoms with van der Waals surface area (Å²) < 4.78 is 5.24. The molecule has 3 aliphatic rings. The zero-order chi connectivity index (χ0) is 34.5. The number of benzene rings is 2. The smallest absolute Gasteiger partial charge is 0.406 e. The first-order valence-electron chi connectivity index (χ1n) is 14.5. The van der Waals surface area contributed by atoms with Crippen molar-refractivity contribution in [2.24, 2.45) is 5.73 Å². The van der Waals surface area contributed by atoms with Gasteiger partial charge in [-0.2, -0.15) is 0 Å². The van der Waals surface area contributed by atoms with Gasteiger partial charge in [0.15, 0.2) is 17.1 Å². The maximum absolute atomic E-state index is 11.3. The van der Waals surface area contributed by atoms with Crippen LogP contribution in [0.4, 0.5) is 4.79 Å². The monoisotopic (exact) mass is 624 g/mol. The van der Waals surface area contributed by atoms with Gasteiger partial charge >= 0.3 is 6.09 Å². The van der Waals surface area contributed by atoms with Gasteiger partial charge in [-0.25, -0.2) is 4.79 Å². The van der Waals surface area contributed by atoms with Crippen LogP contribution in [0.25, 0.3) is 11.1 Å². The highest BCUT2D eigenvalue weighted by Gasteiger charge is 2.54. The Bertz CT molecular complexity index is 1340. The van der Waals surface area contributed by atoms with Crippen LogP contribution >= 0.6 is 0 Å². The first-order valence-corrected chi connectivity index (χ1v) is 14.5. The number of hydrogen-bond donors (Lipinski definition) is 4. The Balaban J connectivity index is 0.000000324. The van der Waals surface area contributed by atoms with Gasteiger partial charge in [-0.15, -0.1) is 0 Å². The fourth-order valence-electron chi connectivity index (χ4n) is 3.51. The Labute approximate surface area is 263 Å². The number of fused-ring (bicyclic) bond motifs is 3. The average molecular weight is 625 g/mol. The SMILES string of the molecule is CC(=O)C1(C)NC1=O.CC(=O)C1(N)NC1=O.CCC(C)=O.CCC(C)=O.CNC(=O)OCC1c2ccccc2-c2ccccc21. The molecule has 2 fully saturated rings. The predicted octanol–water partition coefficient (Wildman–Crippen LogP) is 2.95. The minimum atomic E-state index is -1.32. The molecule has 2 unspecified atom stereocenters. The standard InChI is InChI=1S/C16H15NO2.C5H7NO2.C4H6N2O2.2C4H8O/c1-17-16(18)19-10-15-13-8-4-2-6-11(13)12-7-3-5-9-14(12)15;1-3(7)5(2)4(8)6-5;1-2(7)4(5)3(8)6-4;2*1-3-4(2)5/h2-9,15H,10H2,1H3,(H,17,18);1-2H3,(H,6,8);5H2,1H3,(H,6,8);2*3H2,1-2H3. The molecule has 12 heteroatoms. The van der Waals surface area contributed by atoms with Crippen LogP contribution in [0.5, 0.6) is 0 Å². The van der Waals surface area contributed by atoms with Gasteiger partial charge in [-0.05, 0) is 56.9 Å². The summed E-state index contributed by atoms with van der Waals surface area (Å²) in [6.07, 6.45) is 0.946. The van der Waals surface area contributed by atoms with Gasteiger partial charge in [0, 0.05) is 25.8 Å². The third-order valence-corrected chi connectivity index (χ3v) is 7.16. The summed E-state index contributed by atoms with van der Waals surface area (Å²) in [6.45, 7) is 11.5. The van der Waals surface area contributed by atoms with E-state index in [9.17, 15) is 33.6 Å². The number of nitrogens with one attached hydrogen (secondary N) is 3. The van der Waals surface area contributed by atoms with Crippen LogP contribution in [-0.2, 0) is 33.5 Å². The second-order valence-corrected chi connectivity index (χ2v) is 10.6. The Hall–Kier alpha value is -4.71. The van der Waals surface area contributed by atoms with Crippen molar-refractivity contribution in [2.45, 2.75) is 78.4 Å². The third-order valence-electron chi connectivity index (χ3n) is 7.16. The molecule has 0 aromatic heterocycles. The summed E-state index contributed by atoms with van der Waals surface area (Å²) in [5.74, 6) is -0.347. The van der Waals surface area contributed by atoms with Gasteiger partial charge in [0.1, 0.15) is 18.2 Å². The first-order chi connectivity index (χ1) is 21.0. The number of alkyl carbamates (subject to hydrolysis) is 1. The van der Waals surface area contributed by atoms with Crippen LogP contribution in [0.15, 0.2) is 48.5 Å². The van der Waals surface area contributed by atoms with E-state index in [0.29, 0.717) is 19.4 Å². The predicted molar refractivity (Wildman–Crippen MR) is 169 cm³/mol. The van der Waals surface area contributed by atoms with Gasteiger partial charge < -0.3 is 30.3 Å². The molecular formula is C33H44N4O8. The lowest BCUT2D eigenvalue weighted by molar-refractivity contribution is -0.123. The van der Waals surface area contributed by atoms with Crippen molar-refractivity contribution in [3.05, 3.63) is 59.7 Å². The lowest BCUT2D eigenvalue weighted by Crippen LogP contribution is -2.36. The van der Waals surface area contributed by atoms with Crippen molar-refractivity contribution in [3.63, 3.8) is 0 Å². The highest BCUT2D eigenvalue weighted by Crippen LogP contribution is 2.44. The molecule has 2 aromatic carbocycles. The van der Waals surface area contributed by atoms with E-state index in [-0.39, 0.29) is 47.0 Å². The molecule has 2 heterocycles. The molecule has 2 aromatic rings. The molecule has 0 saturated carbocycles. The Morgan fingerprint density at radius 1 is 0.778 bits per heavy atom. The summed E-state index contributed by atoms with van der Waals surface area (Å²) in [7, 11) is 1.57. The molecule has 2 aliphatic heterocycles. The number of nitrogens with two attached hydrogens (primary N) is 1. The zero-order valence-corrected chi connectivity index (χ0v) is 27.2. The first kappa shape index (κ1) is 38.3. The van der Waals surface area contributed by atoms with E-state index in [1.54, 1.807) is 27.8 Å². The van der Waals surface area contributed by atoms with Crippen LogP contribution in [0.3, 0.4) is 0 Å². The molecule has 3 amide bonds. The van der Waals surface area contributed by atoms with Crippen molar-refractivity contribution >= 4 is 41.0 Å². The largest absolute Gasteiger partial charge is 0.449 e. The van der Waals surface area contributed by atoms with Crippen molar-refractivity contribution in [3.8, 4) is 11.1 Å². The summed E-state index contributed by atoms with van der Waals surface area (Å²) in [6, 6.07) is 16.6. The maximum Gasteiger partial charge on any atom is 0.406 e. The number of hydrogen-bond acceptors (Lipinski definition) is 9. The highest BCUT2D eigenvalue weighted by molar-refractivity contribution is 6.21. The number of Topliss-reactive ketones (excluding diaryl/α,β-unsaturated/α-hetero) is 4. The van der Waals surface area contributed by atoms with E-state index in [1.807, 2.05) is 38.1 Å². The summed E-state index contributed by atoms with van der Waals surface area (Å²) in [5.41, 5.74) is 7.92. The molecular weight excluding hydrogens is 580 g/mol. The van der Waals surface area contributed by atoms with E-state index in [0.717, 1.165) is 0 Å². The van der Waals surface area contributed by atoms with E-state index in [1.165, 1.54) is 36.1 Å². The molecule has 0 spiro atoms. The maximum atomic E-state index is 11.3. The Morgan fingerprint density at radius 3 is 1.38 bits per heavy atom. The van der Waals surface area contributed by atoms with E-state index in [2.05, 4.69) is 40.2 Å².